The number of halogens is 1. The summed E-state index contributed by atoms with van der Waals surface area (Å²) in [6.07, 6.45) is 4.07. The first-order chi connectivity index (χ1) is 12.0. The minimum atomic E-state index is -0.0823. The molecule has 5 heteroatoms. The predicted octanol–water partition coefficient (Wildman–Crippen LogP) is 4.70. The number of para-hydroxylation sites is 1. The molecule has 0 bridgehead atoms. The number of anilines is 1. The lowest BCUT2D eigenvalue weighted by Gasteiger charge is -2.45. The molecule has 2 aromatic carbocycles. The van der Waals surface area contributed by atoms with E-state index < -0.39 is 0 Å². The summed E-state index contributed by atoms with van der Waals surface area (Å²) in [6, 6.07) is 15.8. The van der Waals surface area contributed by atoms with Gasteiger partial charge < -0.3 is 15.8 Å². The van der Waals surface area contributed by atoms with Gasteiger partial charge in [-0.15, -0.1) is 0 Å². The Hall–Kier alpha value is -1.75. The number of nitrogens with two attached hydrogens (primary N) is 1. The lowest BCUT2D eigenvalue weighted by Crippen LogP contribution is -2.54. The molecule has 0 radical (unpaired) electrons. The van der Waals surface area contributed by atoms with Crippen LogP contribution in [0.4, 0.5) is 5.69 Å². The molecule has 3 rings (SSSR count). The van der Waals surface area contributed by atoms with Crippen LogP contribution in [0, 0.1) is 0 Å². The van der Waals surface area contributed by atoms with Crippen LogP contribution in [0.2, 0.25) is 5.02 Å². The maximum atomic E-state index is 6.45. The molecule has 0 unspecified atom stereocenters. The van der Waals surface area contributed by atoms with Crippen LogP contribution in [0.15, 0.2) is 48.5 Å². The van der Waals surface area contributed by atoms with Gasteiger partial charge in [-0.3, -0.25) is 4.90 Å². The van der Waals surface area contributed by atoms with Gasteiger partial charge in [0.1, 0.15) is 11.5 Å². The van der Waals surface area contributed by atoms with Gasteiger partial charge >= 0.3 is 0 Å². The molecule has 1 aliphatic rings. The molecule has 0 aromatic heterocycles. The summed E-state index contributed by atoms with van der Waals surface area (Å²) in [4.78, 5) is 2.25. The lowest BCUT2D eigenvalue weighted by molar-refractivity contribution is 0.122. The van der Waals surface area contributed by atoms with E-state index in [9.17, 15) is 0 Å². The third kappa shape index (κ3) is 4.27. The van der Waals surface area contributed by atoms with Crippen molar-refractivity contribution < 1.29 is 4.74 Å². The highest BCUT2D eigenvalue weighted by atomic mass is 35.5. The number of benzene rings is 2. The van der Waals surface area contributed by atoms with Crippen LogP contribution in [-0.4, -0.2) is 30.7 Å². The maximum Gasteiger partial charge on any atom is 0.146 e. The highest BCUT2D eigenvalue weighted by molar-refractivity contribution is 6.32. The van der Waals surface area contributed by atoms with Crippen LogP contribution in [-0.2, 0) is 0 Å². The fourth-order valence-corrected chi connectivity index (χ4v) is 3.57. The van der Waals surface area contributed by atoms with E-state index in [4.69, 9.17) is 22.1 Å². The molecule has 1 fully saturated rings. The lowest BCUT2D eigenvalue weighted by atomic mass is 9.85. The molecule has 3 N–H and O–H groups in total. The Labute approximate surface area is 154 Å². The normalized spacial score (nSPS) is 23.5. The Kier molecular flexibility index (Phi) is 5.52. The van der Waals surface area contributed by atoms with Gasteiger partial charge in [-0.05, 0) is 70.1 Å². The molecule has 0 heterocycles. The smallest absolute Gasteiger partial charge is 0.146 e. The molecule has 0 atom stereocenters. The number of ether oxygens (including phenoxy) is 1. The molecule has 1 aliphatic carbocycles. The molecule has 0 aliphatic heterocycles. The Morgan fingerprint density at radius 2 is 1.80 bits per heavy atom. The second kappa shape index (κ2) is 7.65. The van der Waals surface area contributed by atoms with Gasteiger partial charge in [-0.25, -0.2) is 0 Å². The minimum absolute atomic E-state index is 0.0823. The van der Waals surface area contributed by atoms with Gasteiger partial charge in [-0.2, -0.15) is 0 Å². The van der Waals surface area contributed by atoms with Gasteiger partial charge in [0, 0.05) is 11.7 Å². The van der Waals surface area contributed by atoms with Crippen LogP contribution in [0.5, 0.6) is 11.5 Å². The van der Waals surface area contributed by atoms with E-state index in [0.29, 0.717) is 16.8 Å². The minimum Gasteiger partial charge on any atom is -0.456 e. The quantitative estimate of drug-likeness (QED) is 0.759. The fraction of sp³-hybridized carbons (Fsp3) is 0.400. The molecule has 0 spiro atoms. The van der Waals surface area contributed by atoms with Crippen molar-refractivity contribution in [1.29, 1.82) is 0 Å². The molecule has 25 heavy (non-hydrogen) atoms. The van der Waals surface area contributed by atoms with Crippen molar-refractivity contribution in [2.24, 2.45) is 5.73 Å². The summed E-state index contributed by atoms with van der Waals surface area (Å²) in [5.74, 6) is 1.43. The molecule has 4 nitrogen and oxygen atoms in total. The number of hydrogen-bond donors (Lipinski definition) is 2. The second-order valence-electron chi connectivity index (χ2n) is 6.95. The Morgan fingerprint density at radius 1 is 1.12 bits per heavy atom. The van der Waals surface area contributed by atoms with Gasteiger partial charge in [0.05, 0.1) is 10.7 Å². The zero-order valence-corrected chi connectivity index (χ0v) is 15.6. The van der Waals surface area contributed by atoms with Gasteiger partial charge in [0.2, 0.25) is 0 Å². The van der Waals surface area contributed by atoms with Crippen molar-refractivity contribution in [2.45, 2.75) is 37.4 Å². The zero-order chi connectivity index (χ0) is 17.9. The molecule has 134 valence electrons. The van der Waals surface area contributed by atoms with Crippen molar-refractivity contribution in [1.82, 2.24) is 4.90 Å². The van der Waals surface area contributed by atoms with Crippen LogP contribution < -0.4 is 15.8 Å². The highest BCUT2D eigenvalue weighted by Gasteiger charge is 2.36. The van der Waals surface area contributed by atoms with E-state index in [1.165, 1.54) is 0 Å². The summed E-state index contributed by atoms with van der Waals surface area (Å²) < 4.78 is 5.85. The Morgan fingerprint density at radius 3 is 2.40 bits per heavy atom. The van der Waals surface area contributed by atoms with Gasteiger partial charge in [0.15, 0.2) is 0 Å². The van der Waals surface area contributed by atoms with E-state index in [0.717, 1.165) is 37.1 Å². The van der Waals surface area contributed by atoms with E-state index in [2.05, 4.69) is 24.3 Å². The summed E-state index contributed by atoms with van der Waals surface area (Å²) in [5, 5.41) is 4.27. The monoisotopic (exact) mass is 359 g/mol. The summed E-state index contributed by atoms with van der Waals surface area (Å²) in [6.45, 7) is 0. The van der Waals surface area contributed by atoms with Gasteiger partial charge in [0.25, 0.3) is 0 Å². The van der Waals surface area contributed by atoms with E-state index >= 15 is 0 Å². The summed E-state index contributed by atoms with van der Waals surface area (Å²) >= 11 is 6.45. The molecular formula is C20H26ClN3O. The van der Waals surface area contributed by atoms with Crippen LogP contribution in [0.25, 0.3) is 0 Å². The predicted molar refractivity (Wildman–Crippen MR) is 104 cm³/mol. The summed E-state index contributed by atoms with van der Waals surface area (Å²) in [5.41, 5.74) is 7.00. The first-order valence-corrected chi connectivity index (χ1v) is 9.10. The molecular weight excluding hydrogens is 334 g/mol. The van der Waals surface area contributed by atoms with Crippen LogP contribution in [0.1, 0.15) is 25.7 Å². The standard InChI is InChI=1S/C20H26ClN3O/c1-24(2)20(12-10-15(22)11-13-20)23-16-8-9-19(18(21)14-16)25-17-6-4-3-5-7-17/h3-9,14-15,23H,10-13,22H2,1-2H3. The number of hydrogen-bond acceptors (Lipinski definition) is 4. The molecule has 2 aromatic rings. The average Bonchev–Trinajstić information content (AvgIpc) is 2.60. The topological polar surface area (TPSA) is 50.5 Å². The Balaban J connectivity index is 1.75. The first kappa shape index (κ1) is 18.1. The maximum absolute atomic E-state index is 6.45. The number of nitrogens with zero attached hydrogens (tertiary/aromatic N) is 1. The highest BCUT2D eigenvalue weighted by Crippen LogP contribution is 2.36. The molecule has 0 amide bonds. The largest absolute Gasteiger partial charge is 0.456 e. The van der Waals surface area contributed by atoms with E-state index in [-0.39, 0.29) is 5.66 Å². The van der Waals surface area contributed by atoms with Crippen molar-refractivity contribution in [3.63, 3.8) is 0 Å². The first-order valence-electron chi connectivity index (χ1n) is 8.72. The van der Waals surface area contributed by atoms with Crippen molar-refractivity contribution in [3.8, 4) is 11.5 Å². The van der Waals surface area contributed by atoms with E-state index in [1.807, 2.05) is 48.5 Å². The second-order valence-corrected chi connectivity index (χ2v) is 7.36. The average molecular weight is 360 g/mol. The van der Waals surface area contributed by atoms with E-state index in [1.54, 1.807) is 0 Å². The third-order valence-electron chi connectivity index (χ3n) is 4.99. The van der Waals surface area contributed by atoms with Crippen molar-refractivity contribution in [2.75, 3.05) is 19.4 Å². The summed E-state index contributed by atoms with van der Waals surface area (Å²) in [7, 11) is 4.22. The Bertz CT molecular complexity index is 697. The van der Waals surface area contributed by atoms with Crippen LogP contribution >= 0.6 is 11.6 Å². The van der Waals surface area contributed by atoms with Crippen LogP contribution in [0.3, 0.4) is 0 Å². The van der Waals surface area contributed by atoms with Gasteiger partial charge in [-0.1, -0.05) is 29.8 Å². The molecule has 0 saturated heterocycles. The SMILES string of the molecule is CN(C)C1(Nc2ccc(Oc3ccccc3)c(Cl)c2)CCC(N)CC1. The zero-order valence-electron chi connectivity index (χ0n) is 14.8. The molecule has 1 saturated carbocycles. The fourth-order valence-electron chi connectivity index (χ4n) is 3.35. The number of rotatable bonds is 5. The third-order valence-corrected chi connectivity index (χ3v) is 5.29. The number of nitrogens with one attached hydrogen (secondary N) is 1. The van der Waals surface area contributed by atoms with Crippen molar-refractivity contribution in [3.05, 3.63) is 53.6 Å². The van der Waals surface area contributed by atoms with Crippen molar-refractivity contribution >= 4 is 17.3 Å².